The van der Waals surface area contributed by atoms with E-state index in [-0.39, 0.29) is 0 Å². The summed E-state index contributed by atoms with van der Waals surface area (Å²) in [6.45, 7) is 0. The van der Waals surface area contributed by atoms with Gasteiger partial charge in [-0.1, -0.05) is 194 Å². The van der Waals surface area contributed by atoms with Gasteiger partial charge in [0, 0.05) is 15.8 Å². The van der Waals surface area contributed by atoms with Crippen molar-refractivity contribution >= 4 is 32.6 Å². The van der Waals surface area contributed by atoms with Gasteiger partial charge in [-0.25, -0.2) is 15.0 Å². The fourth-order valence-electron chi connectivity index (χ4n) is 8.93. The van der Waals surface area contributed by atoms with E-state index < -0.39 is 0 Å². The molecule has 11 rings (SSSR count). The molecule has 0 bridgehead atoms. The van der Waals surface area contributed by atoms with Gasteiger partial charge in [-0.05, 0) is 116 Å². The molecular formula is C59H43N3S. The quantitative estimate of drug-likeness (QED) is 0.146. The number of allylic oxidation sites excluding steroid dienone is 8. The molecule has 0 saturated carbocycles. The summed E-state index contributed by atoms with van der Waals surface area (Å²) in [6, 6.07) is 62.8. The second kappa shape index (κ2) is 17.1. The van der Waals surface area contributed by atoms with E-state index in [1.165, 1.54) is 65.7 Å². The highest BCUT2D eigenvalue weighted by atomic mass is 32.1. The molecule has 63 heavy (non-hydrogen) atoms. The third-order valence-electron chi connectivity index (χ3n) is 12.0. The van der Waals surface area contributed by atoms with Gasteiger partial charge in [0.1, 0.15) is 0 Å². The molecule has 2 aliphatic carbocycles. The second-order valence-corrected chi connectivity index (χ2v) is 17.2. The first-order valence-corrected chi connectivity index (χ1v) is 22.6. The van der Waals surface area contributed by atoms with Crippen molar-refractivity contribution < 1.29 is 0 Å². The van der Waals surface area contributed by atoms with Crippen molar-refractivity contribution in [3.05, 3.63) is 224 Å². The number of aromatic nitrogens is 3. The molecule has 0 amide bonds. The third kappa shape index (κ3) is 7.71. The molecule has 2 aliphatic rings. The van der Waals surface area contributed by atoms with Gasteiger partial charge in [0.2, 0.25) is 0 Å². The Kier molecular flexibility index (Phi) is 10.4. The SMILES string of the molecule is C1=CC(c2cc(-c3ccccc3)c(-c3ccc(-c4nc(-c5ccc(-c6ccccc6)cc5)nc(-c5cc6ccccc6s5)n4)cc3)c(-c3ccccc3)c2C2=CCCC=C2)=CCC1. The Morgan fingerprint density at radius 3 is 1.44 bits per heavy atom. The second-order valence-electron chi connectivity index (χ2n) is 16.1. The zero-order valence-electron chi connectivity index (χ0n) is 34.8. The van der Waals surface area contributed by atoms with Crippen molar-refractivity contribution in [3.8, 4) is 78.0 Å². The Morgan fingerprint density at radius 1 is 0.349 bits per heavy atom. The van der Waals surface area contributed by atoms with Crippen molar-refractivity contribution in [2.75, 3.05) is 0 Å². The molecule has 0 radical (unpaired) electrons. The maximum atomic E-state index is 5.19. The Balaban J connectivity index is 1.10. The average molecular weight is 826 g/mol. The average Bonchev–Trinajstić information content (AvgIpc) is 3.82. The molecule has 9 aromatic rings. The predicted octanol–water partition coefficient (Wildman–Crippen LogP) is 16.2. The lowest BCUT2D eigenvalue weighted by molar-refractivity contribution is 1.04. The summed E-state index contributed by atoms with van der Waals surface area (Å²) >= 11 is 1.71. The molecule has 0 unspecified atom stereocenters. The zero-order chi connectivity index (χ0) is 42.0. The Morgan fingerprint density at radius 2 is 0.841 bits per heavy atom. The van der Waals surface area contributed by atoms with Crippen LogP contribution in [-0.4, -0.2) is 15.0 Å². The van der Waals surface area contributed by atoms with Crippen LogP contribution in [0.15, 0.2) is 212 Å². The molecule has 0 spiro atoms. The summed E-state index contributed by atoms with van der Waals surface area (Å²) in [5, 5.41) is 1.18. The number of rotatable bonds is 9. The van der Waals surface area contributed by atoms with E-state index in [1.54, 1.807) is 11.3 Å². The summed E-state index contributed by atoms with van der Waals surface area (Å²) in [5.74, 6) is 1.96. The van der Waals surface area contributed by atoms with Crippen LogP contribution >= 0.6 is 11.3 Å². The van der Waals surface area contributed by atoms with Gasteiger partial charge >= 0.3 is 0 Å². The maximum absolute atomic E-state index is 5.19. The van der Waals surface area contributed by atoms with E-state index in [9.17, 15) is 0 Å². The van der Waals surface area contributed by atoms with Crippen LogP contribution in [0.1, 0.15) is 36.8 Å². The molecule has 0 fully saturated rings. The minimum atomic E-state index is 0.641. The highest BCUT2D eigenvalue weighted by Gasteiger charge is 2.25. The molecule has 2 aromatic heterocycles. The van der Waals surface area contributed by atoms with Gasteiger partial charge in [0.25, 0.3) is 0 Å². The smallest absolute Gasteiger partial charge is 0.174 e. The van der Waals surface area contributed by atoms with E-state index in [1.807, 2.05) is 6.07 Å². The van der Waals surface area contributed by atoms with Crippen LogP contribution in [0.3, 0.4) is 0 Å². The lowest BCUT2D eigenvalue weighted by Gasteiger charge is -2.26. The predicted molar refractivity (Wildman–Crippen MR) is 266 cm³/mol. The maximum Gasteiger partial charge on any atom is 0.174 e. The lowest BCUT2D eigenvalue weighted by atomic mass is 9.77. The first-order valence-electron chi connectivity index (χ1n) is 21.8. The van der Waals surface area contributed by atoms with E-state index in [4.69, 9.17) is 15.0 Å². The van der Waals surface area contributed by atoms with E-state index in [0.29, 0.717) is 17.5 Å². The van der Waals surface area contributed by atoms with Crippen LogP contribution in [0.25, 0.3) is 99.2 Å². The topological polar surface area (TPSA) is 38.7 Å². The van der Waals surface area contributed by atoms with Crippen LogP contribution in [0.5, 0.6) is 0 Å². The fraction of sp³-hybridized carbons (Fsp3) is 0.0678. The number of thiophene rings is 1. The van der Waals surface area contributed by atoms with Crippen LogP contribution < -0.4 is 0 Å². The molecule has 4 heteroatoms. The Bertz CT molecular complexity index is 3200. The highest BCUT2D eigenvalue weighted by Crippen LogP contribution is 2.49. The van der Waals surface area contributed by atoms with Crippen LogP contribution in [-0.2, 0) is 0 Å². The van der Waals surface area contributed by atoms with Gasteiger partial charge < -0.3 is 0 Å². The van der Waals surface area contributed by atoms with Gasteiger partial charge in [-0.3, -0.25) is 0 Å². The fourth-order valence-corrected chi connectivity index (χ4v) is 9.92. The van der Waals surface area contributed by atoms with Crippen molar-refractivity contribution in [1.29, 1.82) is 0 Å². The molecule has 2 heterocycles. The monoisotopic (exact) mass is 825 g/mol. The molecule has 300 valence electrons. The summed E-state index contributed by atoms with van der Waals surface area (Å²) in [5.41, 5.74) is 16.5. The molecular weight excluding hydrogens is 783 g/mol. The molecule has 0 aliphatic heterocycles. The molecule has 7 aromatic carbocycles. The first-order chi connectivity index (χ1) is 31.2. The van der Waals surface area contributed by atoms with Gasteiger partial charge in [-0.2, -0.15) is 0 Å². The van der Waals surface area contributed by atoms with Crippen LogP contribution in [0.2, 0.25) is 0 Å². The van der Waals surface area contributed by atoms with E-state index >= 15 is 0 Å². The van der Waals surface area contributed by atoms with Crippen molar-refractivity contribution in [3.63, 3.8) is 0 Å². The van der Waals surface area contributed by atoms with Crippen molar-refractivity contribution in [2.45, 2.75) is 25.7 Å². The summed E-state index contributed by atoms with van der Waals surface area (Å²) in [6.07, 6.45) is 18.3. The standard InChI is InChI=1S/C59H43N3S/c1-6-18-40(19-7-1)41-30-34-47(35-31-41)57-60-58(62-59(61-57)53-38-49-28-16-17-29-52(49)63-53)48-36-32-46(33-37-48)55-51(43-22-10-3-11-23-43)39-50(42-20-8-2-9-21-42)54(44-24-12-4-13-25-44)56(55)45-26-14-5-15-27-45/h1,3,5-8,10-12,14-39H,2,4,9,13H2. The number of hydrogen-bond donors (Lipinski definition) is 0. The van der Waals surface area contributed by atoms with E-state index in [0.717, 1.165) is 52.8 Å². The Hall–Kier alpha value is -7.53. The van der Waals surface area contributed by atoms with Gasteiger partial charge in [0.05, 0.1) is 4.88 Å². The summed E-state index contributed by atoms with van der Waals surface area (Å²) in [7, 11) is 0. The number of benzene rings is 7. The van der Waals surface area contributed by atoms with E-state index in [2.05, 4.69) is 206 Å². The number of hydrogen-bond acceptors (Lipinski definition) is 4. The van der Waals surface area contributed by atoms with Crippen LogP contribution in [0, 0.1) is 0 Å². The summed E-state index contributed by atoms with van der Waals surface area (Å²) < 4.78 is 1.21. The first kappa shape index (κ1) is 38.4. The van der Waals surface area contributed by atoms with Gasteiger partial charge in [-0.15, -0.1) is 11.3 Å². The normalized spacial score (nSPS) is 13.5. The van der Waals surface area contributed by atoms with Gasteiger partial charge in [0.15, 0.2) is 17.5 Å². The number of nitrogens with zero attached hydrogens (tertiary/aromatic N) is 3. The van der Waals surface area contributed by atoms with Crippen LogP contribution in [0.4, 0.5) is 0 Å². The molecule has 0 atom stereocenters. The molecule has 0 N–H and O–H groups in total. The van der Waals surface area contributed by atoms with Crippen molar-refractivity contribution in [1.82, 2.24) is 15.0 Å². The minimum absolute atomic E-state index is 0.641. The highest BCUT2D eigenvalue weighted by molar-refractivity contribution is 7.22. The molecule has 0 saturated heterocycles. The summed E-state index contributed by atoms with van der Waals surface area (Å²) in [4.78, 5) is 16.5. The number of fused-ring (bicyclic) bond motifs is 1. The Labute approximate surface area is 372 Å². The third-order valence-corrected chi connectivity index (χ3v) is 13.1. The largest absolute Gasteiger partial charge is 0.208 e. The minimum Gasteiger partial charge on any atom is -0.208 e. The molecule has 3 nitrogen and oxygen atoms in total. The zero-order valence-corrected chi connectivity index (χ0v) is 35.6. The van der Waals surface area contributed by atoms with Crippen molar-refractivity contribution in [2.24, 2.45) is 0 Å². The lowest BCUT2D eigenvalue weighted by Crippen LogP contribution is -2.03.